The molecule has 0 aliphatic rings. The number of amides is 1. The molecular formula is C23H17N3O3. The van der Waals surface area contributed by atoms with E-state index in [-0.39, 0.29) is 11.3 Å². The first kappa shape index (κ1) is 18.2. The molecule has 0 aliphatic heterocycles. The van der Waals surface area contributed by atoms with E-state index in [0.717, 1.165) is 0 Å². The molecule has 0 aliphatic carbocycles. The molecule has 1 aromatic heterocycles. The fourth-order valence-electron chi connectivity index (χ4n) is 2.75. The lowest BCUT2D eigenvalue weighted by atomic mass is 10.2. The third-order valence-electron chi connectivity index (χ3n) is 4.14. The molecule has 0 spiro atoms. The van der Waals surface area contributed by atoms with Crippen LogP contribution >= 0.6 is 0 Å². The third kappa shape index (κ3) is 4.22. The average Bonchev–Trinajstić information content (AvgIpc) is 2.77. The highest BCUT2D eigenvalue weighted by Crippen LogP contribution is 2.29. The van der Waals surface area contributed by atoms with Gasteiger partial charge in [0.1, 0.15) is 11.4 Å². The Labute approximate surface area is 167 Å². The normalized spacial score (nSPS) is 10.3. The van der Waals surface area contributed by atoms with Gasteiger partial charge in [-0.2, -0.15) is 9.78 Å². The molecule has 0 saturated carbocycles. The van der Waals surface area contributed by atoms with Crippen LogP contribution in [0.1, 0.15) is 10.5 Å². The largest absolute Gasteiger partial charge is 0.455 e. The van der Waals surface area contributed by atoms with Gasteiger partial charge in [0, 0.05) is 6.07 Å². The van der Waals surface area contributed by atoms with Crippen molar-refractivity contribution < 1.29 is 9.53 Å². The molecular weight excluding hydrogens is 366 g/mol. The van der Waals surface area contributed by atoms with Crippen molar-refractivity contribution in [2.45, 2.75) is 0 Å². The van der Waals surface area contributed by atoms with Crippen molar-refractivity contribution in [3.05, 3.63) is 113 Å². The summed E-state index contributed by atoms with van der Waals surface area (Å²) in [7, 11) is 0. The van der Waals surface area contributed by atoms with Crippen molar-refractivity contribution in [3.63, 3.8) is 0 Å². The van der Waals surface area contributed by atoms with E-state index in [1.165, 1.54) is 16.8 Å². The summed E-state index contributed by atoms with van der Waals surface area (Å²) in [5.41, 5.74) is 0.879. The van der Waals surface area contributed by atoms with E-state index < -0.39 is 5.91 Å². The monoisotopic (exact) mass is 383 g/mol. The first-order valence-electron chi connectivity index (χ1n) is 9.00. The molecule has 4 aromatic rings. The Morgan fingerprint density at radius 3 is 2.21 bits per heavy atom. The maximum atomic E-state index is 12.8. The highest BCUT2D eigenvalue weighted by atomic mass is 16.5. The molecule has 0 atom stereocenters. The molecule has 0 radical (unpaired) electrons. The molecule has 6 nitrogen and oxygen atoms in total. The Kier molecular flexibility index (Phi) is 5.16. The maximum Gasteiger partial charge on any atom is 0.276 e. The van der Waals surface area contributed by atoms with E-state index in [1.807, 2.05) is 42.5 Å². The van der Waals surface area contributed by atoms with Gasteiger partial charge >= 0.3 is 0 Å². The Hall–Kier alpha value is -4.19. The predicted molar refractivity (Wildman–Crippen MR) is 111 cm³/mol. The highest BCUT2D eigenvalue weighted by molar-refractivity contribution is 6.03. The number of carbonyl (C=O) groups excluding carboxylic acids is 1. The van der Waals surface area contributed by atoms with Gasteiger partial charge in [-0.05, 0) is 42.5 Å². The van der Waals surface area contributed by atoms with Crippen LogP contribution in [-0.2, 0) is 0 Å². The first-order valence-corrected chi connectivity index (χ1v) is 9.00. The summed E-state index contributed by atoms with van der Waals surface area (Å²) in [5.74, 6) is 0.715. The number of aromatic nitrogens is 2. The van der Waals surface area contributed by atoms with Crippen molar-refractivity contribution in [2.75, 3.05) is 5.32 Å². The minimum absolute atomic E-state index is 0.114. The van der Waals surface area contributed by atoms with Gasteiger partial charge in [-0.25, -0.2) is 0 Å². The fourth-order valence-corrected chi connectivity index (χ4v) is 2.75. The second-order valence-corrected chi connectivity index (χ2v) is 6.17. The summed E-state index contributed by atoms with van der Waals surface area (Å²) in [4.78, 5) is 24.9. The van der Waals surface area contributed by atoms with Crippen LogP contribution in [0, 0.1) is 0 Å². The molecule has 142 valence electrons. The number of rotatable bonds is 5. The van der Waals surface area contributed by atoms with Crippen molar-refractivity contribution in [3.8, 4) is 17.2 Å². The number of hydrogen-bond acceptors (Lipinski definition) is 4. The Morgan fingerprint density at radius 1 is 0.793 bits per heavy atom. The van der Waals surface area contributed by atoms with Crippen LogP contribution in [0.3, 0.4) is 0 Å². The van der Waals surface area contributed by atoms with E-state index in [2.05, 4.69) is 10.4 Å². The quantitative estimate of drug-likeness (QED) is 0.558. The molecule has 0 bridgehead atoms. The van der Waals surface area contributed by atoms with E-state index in [4.69, 9.17) is 4.74 Å². The number of hydrogen-bond donors (Lipinski definition) is 1. The van der Waals surface area contributed by atoms with E-state index >= 15 is 0 Å². The SMILES string of the molecule is O=C(Nc1ccccc1Oc1ccccc1)c1ccc(=O)n(-c2ccccc2)n1. The topological polar surface area (TPSA) is 73.2 Å². The second-order valence-electron chi connectivity index (χ2n) is 6.17. The van der Waals surface area contributed by atoms with Gasteiger partial charge < -0.3 is 10.1 Å². The molecule has 1 amide bonds. The summed E-state index contributed by atoms with van der Waals surface area (Å²) in [6.45, 7) is 0. The summed E-state index contributed by atoms with van der Waals surface area (Å²) >= 11 is 0. The van der Waals surface area contributed by atoms with E-state index in [0.29, 0.717) is 22.9 Å². The van der Waals surface area contributed by atoms with Gasteiger partial charge in [0.15, 0.2) is 5.75 Å². The molecule has 4 rings (SSSR count). The molecule has 0 fully saturated rings. The van der Waals surface area contributed by atoms with Gasteiger partial charge in [-0.3, -0.25) is 9.59 Å². The summed E-state index contributed by atoms with van der Waals surface area (Å²) in [6.07, 6.45) is 0. The van der Waals surface area contributed by atoms with Crippen LogP contribution in [0.25, 0.3) is 5.69 Å². The number of benzene rings is 3. The van der Waals surface area contributed by atoms with E-state index in [9.17, 15) is 9.59 Å². The minimum Gasteiger partial charge on any atom is -0.455 e. The van der Waals surface area contributed by atoms with Gasteiger partial charge in [0.2, 0.25) is 0 Å². The Morgan fingerprint density at radius 2 is 1.45 bits per heavy atom. The first-order chi connectivity index (χ1) is 14.2. The zero-order chi connectivity index (χ0) is 20.1. The predicted octanol–water partition coefficient (Wildman–Crippen LogP) is 4.28. The maximum absolute atomic E-state index is 12.8. The van der Waals surface area contributed by atoms with Gasteiger partial charge in [0.05, 0.1) is 11.4 Å². The van der Waals surface area contributed by atoms with Gasteiger partial charge in [-0.1, -0.05) is 48.5 Å². The highest BCUT2D eigenvalue weighted by Gasteiger charge is 2.13. The molecule has 3 aromatic carbocycles. The number of para-hydroxylation sites is 4. The third-order valence-corrected chi connectivity index (χ3v) is 4.14. The molecule has 0 unspecified atom stereocenters. The molecule has 0 saturated heterocycles. The van der Waals surface area contributed by atoms with Gasteiger partial charge in [0.25, 0.3) is 11.5 Å². The summed E-state index contributed by atoms with van der Waals surface area (Å²) < 4.78 is 7.06. The zero-order valence-corrected chi connectivity index (χ0v) is 15.4. The van der Waals surface area contributed by atoms with Gasteiger partial charge in [-0.15, -0.1) is 0 Å². The lowest BCUT2D eigenvalue weighted by molar-refractivity contribution is 0.102. The van der Waals surface area contributed by atoms with Crippen molar-refractivity contribution in [2.24, 2.45) is 0 Å². The minimum atomic E-state index is -0.446. The van der Waals surface area contributed by atoms with Crippen LogP contribution in [0.5, 0.6) is 11.5 Å². The van der Waals surface area contributed by atoms with Crippen LogP contribution < -0.4 is 15.6 Å². The Balaban J connectivity index is 1.60. The van der Waals surface area contributed by atoms with Crippen LogP contribution in [-0.4, -0.2) is 15.7 Å². The van der Waals surface area contributed by atoms with Crippen LogP contribution in [0.4, 0.5) is 5.69 Å². The van der Waals surface area contributed by atoms with Crippen LogP contribution in [0.15, 0.2) is 102 Å². The van der Waals surface area contributed by atoms with E-state index in [1.54, 1.807) is 42.5 Å². The number of nitrogens with one attached hydrogen (secondary N) is 1. The number of anilines is 1. The zero-order valence-electron chi connectivity index (χ0n) is 15.4. The van der Waals surface area contributed by atoms with Crippen molar-refractivity contribution in [1.29, 1.82) is 0 Å². The number of ether oxygens (including phenoxy) is 1. The standard InChI is InChI=1S/C23H17N3O3/c27-22-16-15-20(25-26(22)17-9-3-1-4-10-17)23(28)24-19-13-7-8-14-21(19)29-18-11-5-2-6-12-18/h1-16H,(H,24,28). The lowest BCUT2D eigenvalue weighted by Gasteiger charge is -2.12. The molecule has 1 N–H and O–H groups in total. The smallest absolute Gasteiger partial charge is 0.276 e. The average molecular weight is 383 g/mol. The van der Waals surface area contributed by atoms with Crippen molar-refractivity contribution in [1.82, 2.24) is 9.78 Å². The number of nitrogens with zero attached hydrogens (tertiary/aromatic N) is 2. The summed E-state index contributed by atoms with van der Waals surface area (Å²) in [6, 6.07) is 28.1. The molecule has 6 heteroatoms. The molecule has 1 heterocycles. The Bertz CT molecular complexity index is 1190. The lowest BCUT2D eigenvalue weighted by Crippen LogP contribution is -2.24. The number of carbonyl (C=O) groups is 1. The molecule has 29 heavy (non-hydrogen) atoms. The second kappa shape index (κ2) is 8.22. The summed E-state index contributed by atoms with van der Waals surface area (Å²) in [5, 5.41) is 7.01. The van der Waals surface area contributed by atoms with Crippen molar-refractivity contribution >= 4 is 11.6 Å². The fraction of sp³-hybridized carbons (Fsp3) is 0. The van der Waals surface area contributed by atoms with Crippen LogP contribution in [0.2, 0.25) is 0 Å².